The third-order valence-electron chi connectivity index (χ3n) is 3.38. The van der Waals surface area contributed by atoms with E-state index < -0.39 is 0 Å². The van der Waals surface area contributed by atoms with Gasteiger partial charge in [0.1, 0.15) is 0 Å². The molecule has 2 aliphatic rings. The van der Waals surface area contributed by atoms with E-state index in [1.54, 1.807) is 0 Å². The second-order valence-electron chi connectivity index (χ2n) is 3.95. The fourth-order valence-corrected chi connectivity index (χ4v) is 2.82. The van der Waals surface area contributed by atoms with Crippen molar-refractivity contribution in [3.8, 4) is 0 Å². The standard InChI is InChI=1S/C9H17N/c10-9-6-2-4-7-3-1-5-8(7)9/h7-9H,1-6,10H2/t7-,8-,9+/m0/s1. The maximum Gasteiger partial charge on any atom is 0.00698 e. The van der Waals surface area contributed by atoms with Crippen molar-refractivity contribution in [2.45, 2.75) is 44.6 Å². The van der Waals surface area contributed by atoms with Gasteiger partial charge in [-0.1, -0.05) is 25.7 Å². The first-order chi connectivity index (χ1) is 4.88. The van der Waals surface area contributed by atoms with Gasteiger partial charge in [0.05, 0.1) is 0 Å². The Morgan fingerprint density at radius 1 is 0.900 bits per heavy atom. The van der Waals surface area contributed by atoms with Gasteiger partial charge in [-0.2, -0.15) is 0 Å². The number of hydrogen-bond donors (Lipinski definition) is 1. The van der Waals surface area contributed by atoms with Gasteiger partial charge in [0.25, 0.3) is 0 Å². The van der Waals surface area contributed by atoms with E-state index in [4.69, 9.17) is 5.73 Å². The van der Waals surface area contributed by atoms with Crippen molar-refractivity contribution in [3.63, 3.8) is 0 Å². The lowest BCUT2D eigenvalue weighted by atomic mass is 9.78. The highest BCUT2D eigenvalue weighted by molar-refractivity contribution is 4.88. The Kier molecular flexibility index (Phi) is 1.69. The summed E-state index contributed by atoms with van der Waals surface area (Å²) in [5, 5.41) is 0. The highest BCUT2D eigenvalue weighted by atomic mass is 14.7. The average Bonchev–Trinajstić information content (AvgIpc) is 2.36. The molecule has 0 heterocycles. The van der Waals surface area contributed by atoms with E-state index in [2.05, 4.69) is 0 Å². The molecule has 0 radical (unpaired) electrons. The molecule has 2 rings (SSSR count). The second kappa shape index (κ2) is 2.54. The molecule has 0 bridgehead atoms. The zero-order chi connectivity index (χ0) is 6.97. The summed E-state index contributed by atoms with van der Waals surface area (Å²) < 4.78 is 0. The van der Waals surface area contributed by atoms with Crippen LogP contribution < -0.4 is 5.73 Å². The summed E-state index contributed by atoms with van der Waals surface area (Å²) in [6.45, 7) is 0. The molecule has 2 saturated carbocycles. The molecule has 0 saturated heterocycles. The van der Waals surface area contributed by atoms with Crippen LogP contribution in [0.1, 0.15) is 38.5 Å². The van der Waals surface area contributed by atoms with Crippen molar-refractivity contribution in [1.29, 1.82) is 0 Å². The van der Waals surface area contributed by atoms with Crippen molar-refractivity contribution in [1.82, 2.24) is 0 Å². The lowest BCUT2D eigenvalue weighted by Crippen LogP contribution is -2.35. The van der Waals surface area contributed by atoms with Crippen molar-refractivity contribution in [3.05, 3.63) is 0 Å². The number of hydrogen-bond acceptors (Lipinski definition) is 1. The van der Waals surface area contributed by atoms with Gasteiger partial charge in [0.2, 0.25) is 0 Å². The van der Waals surface area contributed by atoms with Gasteiger partial charge in [-0.3, -0.25) is 0 Å². The van der Waals surface area contributed by atoms with E-state index in [1.807, 2.05) is 0 Å². The van der Waals surface area contributed by atoms with E-state index in [1.165, 1.54) is 38.5 Å². The van der Waals surface area contributed by atoms with Crippen molar-refractivity contribution in [2.75, 3.05) is 0 Å². The van der Waals surface area contributed by atoms with Crippen molar-refractivity contribution in [2.24, 2.45) is 17.6 Å². The summed E-state index contributed by atoms with van der Waals surface area (Å²) >= 11 is 0. The minimum absolute atomic E-state index is 0.557. The molecule has 0 unspecified atom stereocenters. The number of nitrogens with two attached hydrogens (primary N) is 1. The largest absolute Gasteiger partial charge is 0.327 e. The molecule has 3 atom stereocenters. The SMILES string of the molecule is N[C@@H]1CCC[C@@H]2CCC[C@@H]21. The summed E-state index contributed by atoms with van der Waals surface area (Å²) in [6.07, 6.45) is 8.50. The summed E-state index contributed by atoms with van der Waals surface area (Å²) in [5.74, 6) is 1.93. The zero-order valence-electron chi connectivity index (χ0n) is 6.55. The van der Waals surface area contributed by atoms with Crippen molar-refractivity contribution >= 4 is 0 Å². The lowest BCUT2D eigenvalue weighted by Gasteiger charge is -2.30. The van der Waals surface area contributed by atoms with Crippen LogP contribution in [-0.2, 0) is 0 Å². The molecule has 1 nitrogen and oxygen atoms in total. The first-order valence-corrected chi connectivity index (χ1v) is 4.63. The second-order valence-corrected chi connectivity index (χ2v) is 3.95. The Morgan fingerprint density at radius 2 is 1.60 bits per heavy atom. The summed E-state index contributed by atoms with van der Waals surface area (Å²) in [6, 6.07) is 0.557. The molecule has 0 aromatic heterocycles. The van der Waals surface area contributed by atoms with Crippen LogP contribution in [0.15, 0.2) is 0 Å². The topological polar surface area (TPSA) is 26.0 Å². The van der Waals surface area contributed by atoms with Gasteiger partial charge in [0.15, 0.2) is 0 Å². The predicted octanol–water partition coefficient (Wildman–Crippen LogP) is 1.91. The van der Waals surface area contributed by atoms with E-state index in [0.717, 1.165) is 11.8 Å². The minimum atomic E-state index is 0.557. The highest BCUT2D eigenvalue weighted by Gasteiger charge is 2.34. The van der Waals surface area contributed by atoms with Gasteiger partial charge in [-0.05, 0) is 24.7 Å². The van der Waals surface area contributed by atoms with Crippen LogP contribution in [0, 0.1) is 11.8 Å². The molecular formula is C9H17N. The third kappa shape index (κ3) is 0.968. The number of fused-ring (bicyclic) bond motifs is 1. The molecule has 2 aliphatic carbocycles. The predicted molar refractivity (Wildman–Crippen MR) is 42.7 cm³/mol. The Bertz CT molecular complexity index is 122. The molecule has 58 valence electrons. The average molecular weight is 139 g/mol. The van der Waals surface area contributed by atoms with Gasteiger partial charge in [0, 0.05) is 6.04 Å². The maximum absolute atomic E-state index is 6.02. The first-order valence-electron chi connectivity index (χ1n) is 4.63. The molecule has 0 amide bonds. The Balaban J connectivity index is 2.03. The monoisotopic (exact) mass is 139 g/mol. The summed E-state index contributed by atoms with van der Waals surface area (Å²) in [5.41, 5.74) is 6.02. The van der Waals surface area contributed by atoms with Crippen LogP contribution in [0.3, 0.4) is 0 Å². The lowest BCUT2D eigenvalue weighted by molar-refractivity contribution is 0.240. The van der Waals surface area contributed by atoms with Crippen molar-refractivity contribution < 1.29 is 0 Å². The highest BCUT2D eigenvalue weighted by Crippen LogP contribution is 2.41. The molecule has 1 heteroatoms. The third-order valence-corrected chi connectivity index (χ3v) is 3.38. The maximum atomic E-state index is 6.02. The first kappa shape index (κ1) is 6.66. The van der Waals surface area contributed by atoms with Crippen LogP contribution >= 0.6 is 0 Å². The van der Waals surface area contributed by atoms with E-state index in [9.17, 15) is 0 Å². The number of rotatable bonds is 0. The van der Waals surface area contributed by atoms with Crippen LogP contribution in [0.2, 0.25) is 0 Å². The zero-order valence-corrected chi connectivity index (χ0v) is 6.55. The molecule has 0 spiro atoms. The van der Waals surface area contributed by atoms with Crippen LogP contribution in [0.5, 0.6) is 0 Å². The fourth-order valence-electron chi connectivity index (χ4n) is 2.82. The van der Waals surface area contributed by atoms with Gasteiger partial charge in [-0.25, -0.2) is 0 Å². The van der Waals surface area contributed by atoms with Gasteiger partial charge < -0.3 is 5.73 Å². The Morgan fingerprint density at radius 3 is 2.30 bits per heavy atom. The van der Waals surface area contributed by atoms with E-state index in [-0.39, 0.29) is 0 Å². The molecular weight excluding hydrogens is 122 g/mol. The summed E-state index contributed by atoms with van der Waals surface area (Å²) in [7, 11) is 0. The molecule has 0 aromatic carbocycles. The molecule has 0 aromatic rings. The van der Waals surface area contributed by atoms with Crippen LogP contribution in [0.4, 0.5) is 0 Å². The van der Waals surface area contributed by atoms with Crippen LogP contribution in [0.25, 0.3) is 0 Å². The minimum Gasteiger partial charge on any atom is -0.327 e. The fraction of sp³-hybridized carbons (Fsp3) is 1.00. The smallest absolute Gasteiger partial charge is 0.00698 e. The van der Waals surface area contributed by atoms with E-state index >= 15 is 0 Å². The molecule has 0 aliphatic heterocycles. The molecule has 2 N–H and O–H groups in total. The Labute approximate surface area is 63.0 Å². The Hall–Kier alpha value is -0.0400. The van der Waals surface area contributed by atoms with Crippen LogP contribution in [-0.4, -0.2) is 6.04 Å². The molecule has 10 heavy (non-hydrogen) atoms. The summed E-state index contributed by atoms with van der Waals surface area (Å²) in [4.78, 5) is 0. The molecule has 2 fully saturated rings. The van der Waals surface area contributed by atoms with E-state index in [0.29, 0.717) is 6.04 Å². The normalized spacial score (nSPS) is 47.1. The van der Waals surface area contributed by atoms with Gasteiger partial charge >= 0.3 is 0 Å². The van der Waals surface area contributed by atoms with Gasteiger partial charge in [-0.15, -0.1) is 0 Å². The quantitative estimate of drug-likeness (QED) is 0.545.